The number of hydrogen-bond acceptors (Lipinski definition) is 5. The third kappa shape index (κ3) is 4.11. The van der Waals surface area contributed by atoms with Crippen molar-refractivity contribution in [1.82, 2.24) is 35.0 Å². The Balaban J connectivity index is 1.05. The summed E-state index contributed by atoms with van der Waals surface area (Å²) in [7, 11) is 0. The Morgan fingerprint density at radius 3 is 2.71 bits per heavy atom. The largest absolute Gasteiger partial charge is 0.345 e. The number of hydrogen-bond donors (Lipinski definition) is 1. The van der Waals surface area contributed by atoms with Crippen LogP contribution in [0.4, 0.5) is 0 Å². The second kappa shape index (κ2) is 7.66. The molecule has 1 amide bonds. The smallest absolute Gasteiger partial charge is 0.273 e. The number of nitrogens with one attached hydrogen (secondary N) is 1. The molecule has 3 fully saturated rings. The van der Waals surface area contributed by atoms with Crippen molar-refractivity contribution < 1.29 is 4.79 Å². The van der Waals surface area contributed by atoms with E-state index in [0.29, 0.717) is 11.7 Å². The Morgan fingerprint density at radius 2 is 1.93 bits per heavy atom. The lowest BCUT2D eigenvalue weighted by atomic mass is 9.89. The zero-order chi connectivity index (χ0) is 18.9. The molecule has 1 N–H and O–H groups in total. The molecule has 1 saturated heterocycles. The van der Waals surface area contributed by atoms with E-state index in [9.17, 15) is 4.79 Å². The second-order valence-corrected chi connectivity index (χ2v) is 8.75. The SMILES string of the molecule is O=C(NC1CN(Cc2cnn(CC3CCCCC3)c2)C1)c1cn(C2CC2)nn1. The highest BCUT2D eigenvalue weighted by Gasteiger charge is 2.30. The van der Waals surface area contributed by atoms with Crippen LogP contribution in [-0.2, 0) is 13.1 Å². The van der Waals surface area contributed by atoms with Gasteiger partial charge in [0, 0.05) is 37.9 Å². The molecule has 3 aliphatic rings. The Hall–Kier alpha value is -2.22. The molecular formula is C20H29N7O. The Morgan fingerprint density at radius 1 is 1.11 bits per heavy atom. The highest BCUT2D eigenvalue weighted by molar-refractivity contribution is 5.92. The van der Waals surface area contributed by atoms with Gasteiger partial charge in [0.05, 0.1) is 24.5 Å². The van der Waals surface area contributed by atoms with Crippen molar-refractivity contribution in [2.45, 2.75) is 70.1 Å². The van der Waals surface area contributed by atoms with Gasteiger partial charge in [-0.05, 0) is 31.6 Å². The van der Waals surface area contributed by atoms with Gasteiger partial charge < -0.3 is 5.32 Å². The fourth-order valence-corrected chi connectivity index (χ4v) is 4.43. The maximum Gasteiger partial charge on any atom is 0.273 e. The number of likely N-dealkylation sites (tertiary alicyclic amines) is 1. The van der Waals surface area contributed by atoms with Gasteiger partial charge in [0.15, 0.2) is 5.69 Å². The number of carbonyl (C=O) groups excluding carboxylic acids is 1. The summed E-state index contributed by atoms with van der Waals surface area (Å²) in [5.41, 5.74) is 1.68. The molecule has 1 aliphatic heterocycles. The average Bonchev–Trinajstić information content (AvgIpc) is 3.23. The highest BCUT2D eigenvalue weighted by Crippen LogP contribution is 2.33. The summed E-state index contributed by atoms with van der Waals surface area (Å²) >= 11 is 0. The van der Waals surface area contributed by atoms with Gasteiger partial charge in [-0.3, -0.25) is 14.4 Å². The Kier molecular flexibility index (Phi) is 4.88. The van der Waals surface area contributed by atoms with Gasteiger partial charge in [0.2, 0.25) is 0 Å². The minimum Gasteiger partial charge on any atom is -0.345 e. The van der Waals surface area contributed by atoms with Gasteiger partial charge in [0.25, 0.3) is 5.91 Å². The summed E-state index contributed by atoms with van der Waals surface area (Å²) in [4.78, 5) is 14.6. The van der Waals surface area contributed by atoms with Crippen LogP contribution in [0.25, 0.3) is 0 Å². The van der Waals surface area contributed by atoms with Crippen molar-refractivity contribution in [3.8, 4) is 0 Å². The number of amides is 1. The summed E-state index contributed by atoms with van der Waals surface area (Å²) < 4.78 is 3.93. The van der Waals surface area contributed by atoms with Gasteiger partial charge in [-0.2, -0.15) is 5.10 Å². The van der Waals surface area contributed by atoms with Crippen LogP contribution in [0.2, 0.25) is 0 Å². The average molecular weight is 384 g/mol. The number of aromatic nitrogens is 5. The fourth-order valence-electron chi connectivity index (χ4n) is 4.43. The quantitative estimate of drug-likeness (QED) is 0.791. The predicted molar refractivity (Wildman–Crippen MR) is 104 cm³/mol. The highest BCUT2D eigenvalue weighted by atomic mass is 16.2. The van der Waals surface area contributed by atoms with Gasteiger partial charge in [-0.15, -0.1) is 5.10 Å². The number of carbonyl (C=O) groups is 1. The van der Waals surface area contributed by atoms with Crippen LogP contribution in [0, 0.1) is 5.92 Å². The van der Waals surface area contributed by atoms with Crippen molar-refractivity contribution in [1.29, 1.82) is 0 Å². The molecule has 5 rings (SSSR count). The zero-order valence-corrected chi connectivity index (χ0v) is 16.3. The maximum absolute atomic E-state index is 12.3. The van der Waals surface area contributed by atoms with Gasteiger partial charge in [-0.25, -0.2) is 4.68 Å². The maximum atomic E-state index is 12.3. The molecule has 0 unspecified atom stereocenters. The van der Waals surface area contributed by atoms with E-state index in [1.165, 1.54) is 37.7 Å². The summed E-state index contributed by atoms with van der Waals surface area (Å²) in [6, 6.07) is 0.642. The molecule has 3 heterocycles. The normalized spacial score (nSPS) is 21.6. The minimum atomic E-state index is -0.114. The van der Waals surface area contributed by atoms with Crippen LogP contribution < -0.4 is 5.32 Å². The van der Waals surface area contributed by atoms with E-state index in [-0.39, 0.29) is 11.9 Å². The van der Waals surface area contributed by atoms with Crippen LogP contribution in [0.3, 0.4) is 0 Å². The first-order valence-corrected chi connectivity index (χ1v) is 10.7. The molecular weight excluding hydrogens is 354 g/mol. The van der Waals surface area contributed by atoms with E-state index in [1.807, 2.05) is 10.9 Å². The number of rotatable bonds is 7. The molecule has 2 saturated carbocycles. The summed E-state index contributed by atoms with van der Waals surface area (Å²) in [6.07, 6.45) is 15.1. The van der Waals surface area contributed by atoms with E-state index >= 15 is 0 Å². The fraction of sp³-hybridized carbons (Fsp3) is 0.700. The summed E-state index contributed by atoms with van der Waals surface area (Å²) in [5, 5.41) is 15.7. The van der Waals surface area contributed by atoms with E-state index in [4.69, 9.17) is 0 Å². The van der Waals surface area contributed by atoms with Gasteiger partial charge >= 0.3 is 0 Å². The third-order valence-electron chi connectivity index (χ3n) is 6.22. The second-order valence-electron chi connectivity index (χ2n) is 8.75. The standard InChI is InChI=1S/C20H29N7O/c28-20(19-14-27(24-23-19)18-6-7-18)22-17-12-25(13-17)9-16-8-21-26(11-16)10-15-4-2-1-3-5-15/h8,11,14-15,17-18H,1-7,9-10,12-13H2,(H,22,28). The van der Waals surface area contributed by atoms with E-state index in [1.54, 1.807) is 6.20 Å². The van der Waals surface area contributed by atoms with Crippen molar-refractivity contribution in [3.63, 3.8) is 0 Å². The third-order valence-corrected chi connectivity index (χ3v) is 6.22. The van der Waals surface area contributed by atoms with E-state index < -0.39 is 0 Å². The Labute approximate surface area is 165 Å². The monoisotopic (exact) mass is 383 g/mol. The van der Waals surface area contributed by atoms with Crippen molar-refractivity contribution in [2.75, 3.05) is 13.1 Å². The van der Waals surface area contributed by atoms with Gasteiger partial charge in [-0.1, -0.05) is 24.5 Å². The molecule has 0 radical (unpaired) electrons. The first kappa shape index (κ1) is 17.8. The molecule has 28 heavy (non-hydrogen) atoms. The first-order valence-electron chi connectivity index (χ1n) is 10.7. The van der Waals surface area contributed by atoms with Crippen LogP contribution >= 0.6 is 0 Å². The zero-order valence-electron chi connectivity index (χ0n) is 16.3. The number of nitrogens with zero attached hydrogens (tertiary/aromatic N) is 6. The predicted octanol–water partition coefficient (Wildman–Crippen LogP) is 2.00. The molecule has 0 atom stereocenters. The van der Waals surface area contributed by atoms with Crippen molar-refractivity contribution >= 4 is 5.91 Å². The molecule has 2 aromatic rings. The van der Waals surface area contributed by atoms with Crippen molar-refractivity contribution in [2.24, 2.45) is 5.92 Å². The van der Waals surface area contributed by atoms with E-state index in [2.05, 4.69) is 36.5 Å². The molecule has 2 aliphatic carbocycles. The molecule has 0 aromatic carbocycles. The lowest BCUT2D eigenvalue weighted by Crippen LogP contribution is -2.58. The summed E-state index contributed by atoms with van der Waals surface area (Å²) in [6.45, 7) is 3.70. The molecule has 0 bridgehead atoms. The van der Waals surface area contributed by atoms with Crippen LogP contribution in [0.15, 0.2) is 18.6 Å². The molecule has 8 nitrogen and oxygen atoms in total. The Bertz CT molecular complexity index is 812. The van der Waals surface area contributed by atoms with Crippen LogP contribution in [0.1, 0.15) is 67.0 Å². The summed E-state index contributed by atoms with van der Waals surface area (Å²) in [5.74, 6) is 0.680. The molecule has 8 heteroatoms. The van der Waals surface area contributed by atoms with Crippen LogP contribution in [0.5, 0.6) is 0 Å². The van der Waals surface area contributed by atoms with Crippen molar-refractivity contribution in [3.05, 3.63) is 29.8 Å². The van der Waals surface area contributed by atoms with E-state index in [0.717, 1.165) is 44.9 Å². The topological polar surface area (TPSA) is 80.9 Å². The molecule has 2 aromatic heterocycles. The van der Waals surface area contributed by atoms with Crippen LogP contribution in [-0.4, -0.2) is 54.7 Å². The van der Waals surface area contributed by atoms with Gasteiger partial charge in [0.1, 0.15) is 0 Å². The minimum absolute atomic E-state index is 0.114. The lowest BCUT2D eigenvalue weighted by molar-refractivity contribution is 0.0790. The first-order chi connectivity index (χ1) is 13.7. The lowest BCUT2D eigenvalue weighted by Gasteiger charge is -2.39. The molecule has 150 valence electrons. The molecule has 0 spiro atoms.